The van der Waals surface area contributed by atoms with Crippen LogP contribution in [0.1, 0.15) is 48.3 Å². The number of aromatic nitrogens is 2. The third kappa shape index (κ3) is 3.86. The highest BCUT2D eigenvalue weighted by molar-refractivity contribution is 5.99. The molecule has 6 nitrogen and oxygen atoms in total. The summed E-state index contributed by atoms with van der Waals surface area (Å²) < 4.78 is 46.9. The van der Waals surface area contributed by atoms with Crippen molar-refractivity contribution in [1.82, 2.24) is 15.1 Å². The Hall–Kier alpha value is -2.71. The van der Waals surface area contributed by atoms with Crippen molar-refractivity contribution in [2.45, 2.75) is 44.6 Å². The molecular weight excluding hydrogens is 361 g/mol. The van der Waals surface area contributed by atoms with Crippen molar-refractivity contribution in [3.8, 4) is 5.75 Å². The minimum atomic E-state index is -4.49. The minimum Gasteiger partial charge on any atom is -0.497 e. The summed E-state index contributed by atoms with van der Waals surface area (Å²) in [6.07, 6.45) is -3.54. The van der Waals surface area contributed by atoms with Crippen LogP contribution >= 0.6 is 0 Å². The molecule has 1 aliphatic heterocycles. The van der Waals surface area contributed by atoms with Crippen LogP contribution in [0.25, 0.3) is 0 Å². The molecule has 0 aliphatic carbocycles. The number of halogens is 3. The van der Waals surface area contributed by atoms with Gasteiger partial charge < -0.3 is 15.4 Å². The fourth-order valence-electron chi connectivity index (χ4n) is 3.12. The molecule has 1 aromatic heterocycles. The number of nitrogens with one attached hydrogen (secondary N) is 2. The smallest absolute Gasteiger partial charge is 0.410 e. The Morgan fingerprint density at radius 1 is 1.33 bits per heavy atom. The fraction of sp³-hybridized carbons (Fsp3) is 0.444. The molecule has 0 saturated carbocycles. The molecule has 2 heterocycles. The molecule has 0 fully saturated rings. The highest BCUT2D eigenvalue weighted by atomic mass is 19.4. The van der Waals surface area contributed by atoms with Crippen molar-refractivity contribution in [3.63, 3.8) is 0 Å². The summed E-state index contributed by atoms with van der Waals surface area (Å²) in [6.45, 7) is 3.56. The highest BCUT2D eigenvalue weighted by Crippen LogP contribution is 2.44. The van der Waals surface area contributed by atoms with Crippen molar-refractivity contribution in [2.24, 2.45) is 0 Å². The van der Waals surface area contributed by atoms with Crippen LogP contribution in [0.5, 0.6) is 5.75 Å². The summed E-state index contributed by atoms with van der Waals surface area (Å²) in [6, 6.07) is 4.23. The molecule has 2 N–H and O–H groups in total. The second-order valence-corrected chi connectivity index (χ2v) is 6.74. The maximum Gasteiger partial charge on any atom is 0.410 e. The van der Waals surface area contributed by atoms with Gasteiger partial charge in [-0.3, -0.25) is 4.79 Å². The molecule has 27 heavy (non-hydrogen) atoms. The Balaban J connectivity index is 1.99. The maximum absolute atomic E-state index is 13.6. The first-order chi connectivity index (χ1) is 12.7. The van der Waals surface area contributed by atoms with E-state index in [-0.39, 0.29) is 23.8 Å². The Kier molecular flexibility index (Phi) is 5.03. The van der Waals surface area contributed by atoms with Crippen LogP contribution in [0.4, 0.5) is 19.0 Å². The van der Waals surface area contributed by atoms with Gasteiger partial charge >= 0.3 is 6.18 Å². The first kappa shape index (κ1) is 19.1. The number of alkyl halides is 3. The normalized spacial score (nSPS) is 19.4. The van der Waals surface area contributed by atoms with E-state index in [1.807, 2.05) is 0 Å². The van der Waals surface area contributed by atoms with Crippen LogP contribution in [0.2, 0.25) is 0 Å². The van der Waals surface area contributed by atoms with E-state index in [9.17, 15) is 18.0 Å². The van der Waals surface area contributed by atoms with Gasteiger partial charge in [0, 0.05) is 12.5 Å². The van der Waals surface area contributed by atoms with Crippen molar-refractivity contribution < 1.29 is 22.7 Å². The van der Waals surface area contributed by atoms with E-state index in [2.05, 4.69) is 15.7 Å². The third-order valence-corrected chi connectivity index (χ3v) is 4.42. The van der Waals surface area contributed by atoms with Crippen molar-refractivity contribution >= 4 is 11.7 Å². The van der Waals surface area contributed by atoms with E-state index < -0.39 is 24.2 Å². The molecule has 146 valence electrons. The minimum absolute atomic E-state index is 0.0718. The van der Waals surface area contributed by atoms with Crippen LogP contribution in [0.3, 0.4) is 0 Å². The van der Waals surface area contributed by atoms with Gasteiger partial charge in [0.2, 0.25) is 0 Å². The molecule has 0 unspecified atom stereocenters. The molecule has 0 saturated heterocycles. The number of rotatable bonds is 4. The van der Waals surface area contributed by atoms with Gasteiger partial charge in [-0.1, -0.05) is 12.1 Å². The van der Waals surface area contributed by atoms with Crippen LogP contribution < -0.4 is 15.4 Å². The summed E-state index contributed by atoms with van der Waals surface area (Å²) in [7, 11) is 1.52. The lowest BCUT2D eigenvalue weighted by Crippen LogP contribution is -2.37. The molecule has 0 radical (unpaired) electrons. The molecule has 1 aliphatic rings. The van der Waals surface area contributed by atoms with Crippen LogP contribution in [0, 0.1) is 0 Å². The van der Waals surface area contributed by atoms with Gasteiger partial charge in [0.15, 0.2) is 6.04 Å². The number of anilines is 1. The van der Waals surface area contributed by atoms with E-state index in [0.29, 0.717) is 11.3 Å². The Morgan fingerprint density at radius 3 is 2.56 bits per heavy atom. The number of hydrogen-bond acceptors (Lipinski definition) is 4. The topological polar surface area (TPSA) is 68.2 Å². The van der Waals surface area contributed by atoms with Crippen LogP contribution in [-0.2, 0) is 0 Å². The van der Waals surface area contributed by atoms with Gasteiger partial charge in [-0.25, -0.2) is 4.68 Å². The molecule has 2 atom stereocenters. The lowest BCUT2D eigenvalue weighted by molar-refractivity contribution is -0.173. The number of benzene rings is 1. The average molecular weight is 382 g/mol. The van der Waals surface area contributed by atoms with E-state index in [0.717, 1.165) is 4.68 Å². The summed E-state index contributed by atoms with van der Waals surface area (Å²) in [4.78, 5) is 12.4. The van der Waals surface area contributed by atoms with Crippen molar-refractivity contribution in [1.29, 1.82) is 0 Å². The molecule has 3 rings (SSSR count). The van der Waals surface area contributed by atoms with E-state index in [4.69, 9.17) is 4.74 Å². The van der Waals surface area contributed by atoms with Crippen molar-refractivity contribution in [3.05, 3.63) is 41.6 Å². The zero-order chi connectivity index (χ0) is 19.8. The highest BCUT2D eigenvalue weighted by Gasteiger charge is 2.47. The molecule has 1 aromatic carbocycles. The second kappa shape index (κ2) is 7.13. The van der Waals surface area contributed by atoms with Crippen molar-refractivity contribution in [2.75, 3.05) is 12.4 Å². The number of methoxy groups -OCH3 is 1. The molecule has 9 heteroatoms. The number of hydrogen-bond donors (Lipinski definition) is 2. The number of ether oxygens (including phenoxy) is 1. The molecule has 0 spiro atoms. The quantitative estimate of drug-likeness (QED) is 0.846. The molecule has 2 aromatic rings. The number of carbonyl (C=O) groups is 1. The lowest BCUT2D eigenvalue weighted by atomic mass is 9.96. The monoisotopic (exact) mass is 382 g/mol. The molecular formula is C18H21F3N4O2. The average Bonchev–Trinajstić information content (AvgIpc) is 3.03. The van der Waals surface area contributed by atoms with Gasteiger partial charge in [-0.05, 0) is 31.5 Å². The van der Waals surface area contributed by atoms with E-state index in [1.165, 1.54) is 13.3 Å². The van der Waals surface area contributed by atoms with Crippen LogP contribution in [-0.4, -0.2) is 35.0 Å². The third-order valence-electron chi connectivity index (χ3n) is 4.42. The van der Waals surface area contributed by atoms with Gasteiger partial charge in [-0.2, -0.15) is 18.3 Å². The molecule has 0 bridgehead atoms. The summed E-state index contributed by atoms with van der Waals surface area (Å²) in [5.41, 5.74) is 0.767. The number of amides is 1. The van der Waals surface area contributed by atoms with Gasteiger partial charge in [0.05, 0.1) is 19.3 Å². The van der Waals surface area contributed by atoms with Gasteiger partial charge in [-0.15, -0.1) is 0 Å². The zero-order valence-corrected chi connectivity index (χ0v) is 15.2. The number of fused-ring (bicyclic) bond motifs is 1. The largest absolute Gasteiger partial charge is 0.497 e. The Bertz CT molecular complexity index is 815. The zero-order valence-electron chi connectivity index (χ0n) is 15.2. The number of carbonyl (C=O) groups excluding carboxylic acids is 1. The fourth-order valence-corrected chi connectivity index (χ4v) is 3.12. The first-order valence-electron chi connectivity index (χ1n) is 8.56. The Morgan fingerprint density at radius 2 is 2.00 bits per heavy atom. The lowest BCUT2D eigenvalue weighted by Gasteiger charge is -2.34. The first-order valence-corrected chi connectivity index (χ1v) is 8.56. The summed E-state index contributed by atoms with van der Waals surface area (Å²) in [5.74, 6) is 0.224. The van der Waals surface area contributed by atoms with E-state index in [1.54, 1.807) is 38.1 Å². The summed E-state index contributed by atoms with van der Waals surface area (Å²) in [5, 5.41) is 9.58. The molecule has 1 amide bonds. The second-order valence-electron chi connectivity index (χ2n) is 6.74. The van der Waals surface area contributed by atoms with E-state index >= 15 is 0 Å². The number of nitrogens with zero attached hydrogens (tertiary/aromatic N) is 2. The van der Waals surface area contributed by atoms with Crippen LogP contribution in [0.15, 0.2) is 30.5 Å². The maximum atomic E-state index is 13.6. The SMILES string of the molecule is COc1ccc([C@H]2C[C@@H](C(F)(F)F)n3ncc(C(=O)NC(C)C)c3N2)cc1. The predicted molar refractivity (Wildman–Crippen MR) is 93.9 cm³/mol. The predicted octanol–water partition coefficient (Wildman–Crippen LogP) is 3.69. The van der Waals surface area contributed by atoms with Gasteiger partial charge in [0.25, 0.3) is 5.91 Å². The Labute approximate surface area is 154 Å². The summed E-state index contributed by atoms with van der Waals surface area (Å²) >= 11 is 0. The van der Waals surface area contributed by atoms with Gasteiger partial charge in [0.1, 0.15) is 17.1 Å². The standard InChI is InChI=1S/C18H21F3N4O2/c1-10(2)23-17(26)13-9-22-25-15(18(19,20)21)8-14(24-16(13)25)11-4-6-12(27-3)7-5-11/h4-7,9-10,14-15,24H,8H2,1-3H3,(H,23,26)/t14-,15+/m1/s1.